The second-order valence-corrected chi connectivity index (χ2v) is 4.39. The van der Waals surface area contributed by atoms with Gasteiger partial charge in [0, 0.05) is 6.42 Å². The monoisotopic (exact) mass is 482 g/mol. The van der Waals surface area contributed by atoms with Crippen molar-refractivity contribution in [1.82, 2.24) is 5.32 Å². The number of amides is 3. The predicted molar refractivity (Wildman–Crippen MR) is 64.1 cm³/mol. The first-order valence-electron chi connectivity index (χ1n) is 5.95. The number of alkyl halides is 3. The predicted octanol–water partition coefficient (Wildman–Crippen LogP) is 1.82. The summed E-state index contributed by atoms with van der Waals surface area (Å²) in [5, 5.41) is 5.55. The molecule has 1 fully saturated rings. The molecule has 3 amide bonds. The molecule has 1 heterocycles. The van der Waals surface area contributed by atoms with Crippen molar-refractivity contribution in [3.8, 4) is 0 Å². The quantitative estimate of drug-likeness (QED) is 0.517. The molecule has 1 aromatic rings. The molecule has 9 heteroatoms. The van der Waals surface area contributed by atoms with E-state index in [1.165, 1.54) is 0 Å². The van der Waals surface area contributed by atoms with Gasteiger partial charge in [0.25, 0.3) is 0 Å². The average Bonchev–Trinajstić information content (AvgIpc) is 2.41. The van der Waals surface area contributed by atoms with E-state index in [1.807, 2.05) is 5.32 Å². The Balaban J connectivity index is 0.00000242. The molecule has 0 spiro atoms. The van der Waals surface area contributed by atoms with Gasteiger partial charge in [-0.15, -0.1) is 29.8 Å². The Hall–Kier alpha value is -1.69. The summed E-state index contributed by atoms with van der Waals surface area (Å²) >= 11 is 0. The minimum absolute atomic E-state index is 0. The van der Waals surface area contributed by atoms with Crippen LogP contribution in [-0.2, 0) is 36.8 Å². The van der Waals surface area contributed by atoms with E-state index in [-0.39, 0.29) is 39.5 Å². The summed E-state index contributed by atoms with van der Waals surface area (Å²) in [4.78, 5) is 34.2. The molecule has 0 saturated carbocycles. The molecule has 22 heavy (non-hydrogen) atoms. The van der Waals surface area contributed by atoms with Gasteiger partial charge in [-0.05, 0) is 23.9 Å². The van der Waals surface area contributed by atoms with Gasteiger partial charge in [0.15, 0.2) is 0 Å². The van der Waals surface area contributed by atoms with Crippen molar-refractivity contribution in [2.75, 3.05) is 0 Å². The minimum Gasteiger partial charge on any atom is -0.684 e. The van der Waals surface area contributed by atoms with Crippen LogP contribution in [0.25, 0.3) is 5.32 Å². The average molecular weight is 482 g/mol. The maximum Gasteiger partial charge on any atom is 2.00 e. The first-order valence-corrected chi connectivity index (χ1v) is 5.95. The minimum atomic E-state index is -4.58. The largest absolute Gasteiger partial charge is 2.00 e. The molecule has 116 valence electrons. The van der Waals surface area contributed by atoms with Crippen LogP contribution in [0.1, 0.15) is 28.8 Å². The molecule has 0 bridgehead atoms. The Kier molecular flexibility index (Phi) is 5.88. The van der Waals surface area contributed by atoms with Crippen molar-refractivity contribution in [1.29, 1.82) is 0 Å². The number of carbonyl (C=O) groups excluding carboxylic acids is 3. The summed E-state index contributed by atoms with van der Waals surface area (Å²) in [6, 6.07) is 3.65. The molecule has 1 saturated heterocycles. The number of halogens is 3. The summed E-state index contributed by atoms with van der Waals surface area (Å²) in [6.07, 6.45) is -4.51. The number of imide groups is 1. The fourth-order valence-electron chi connectivity index (χ4n) is 1.78. The van der Waals surface area contributed by atoms with E-state index in [9.17, 15) is 27.6 Å². The normalized spacial score (nSPS) is 18.2. The van der Waals surface area contributed by atoms with Crippen LogP contribution in [0.5, 0.6) is 0 Å². The SMILES string of the molecule is O=C1CCC([N-]C(=O)c2[c-]ccc(C(F)(F)F)c2)C(=O)N1.[W+2]. The molecule has 2 rings (SSSR count). The van der Waals surface area contributed by atoms with E-state index in [1.54, 1.807) is 0 Å². The first-order chi connectivity index (χ1) is 9.77. The first kappa shape index (κ1) is 18.4. The molecule has 0 aromatic heterocycles. The second kappa shape index (κ2) is 7.05. The number of benzene rings is 1. The Bertz CT molecular complexity index is 604. The van der Waals surface area contributed by atoms with Gasteiger partial charge in [0.05, 0.1) is 0 Å². The van der Waals surface area contributed by atoms with Gasteiger partial charge in [-0.2, -0.15) is 13.2 Å². The maximum absolute atomic E-state index is 12.5. The van der Waals surface area contributed by atoms with Gasteiger partial charge in [-0.1, -0.05) is 0 Å². The molecule has 5 nitrogen and oxygen atoms in total. The number of piperidine rings is 1. The maximum atomic E-state index is 12.5. The Labute approximate surface area is 137 Å². The number of carbonyl (C=O) groups is 3. The Morgan fingerprint density at radius 2 is 2.05 bits per heavy atom. The van der Waals surface area contributed by atoms with E-state index >= 15 is 0 Å². The van der Waals surface area contributed by atoms with Gasteiger partial charge in [0.1, 0.15) is 0 Å². The van der Waals surface area contributed by atoms with Crippen LogP contribution in [0.15, 0.2) is 18.2 Å². The zero-order valence-corrected chi connectivity index (χ0v) is 13.9. The second-order valence-electron chi connectivity index (χ2n) is 4.39. The summed E-state index contributed by atoms with van der Waals surface area (Å²) in [5.74, 6) is -2.17. The third kappa shape index (κ3) is 4.40. The molecular formula is C13H9F3N2O3W. The van der Waals surface area contributed by atoms with Gasteiger partial charge in [-0.3, -0.25) is 14.9 Å². The molecule has 0 aliphatic carbocycles. The number of nitrogens with zero attached hydrogens (tertiary/aromatic N) is 1. The third-order valence-corrected chi connectivity index (χ3v) is 2.84. The standard InChI is InChI=1S/C13H10F3N2O3.W/c14-13(15,16)8-3-1-2-7(6-8)11(20)17-9-4-5-10(19)18-12(9)21;/h1,3,6,9H,4-5H2,(H2,17,18,19,20,21);/q-1;+2/p-1. The molecule has 1 aliphatic rings. The molecular weight excluding hydrogens is 473 g/mol. The van der Waals surface area contributed by atoms with Gasteiger partial charge >= 0.3 is 27.2 Å². The Morgan fingerprint density at radius 3 is 2.64 bits per heavy atom. The smallest absolute Gasteiger partial charge is 0.684 e. The van der Waals surface area contributed by atoms with Gasteiger partial charge in [0.2, 0.25) is 11.8 Å². The molecule has 1 unspecified atom stereocenters. The van der Waals surface area contributed by atoms with E-state index in [0.717, 1.165) is 12.1 Å². The van der Waals surface area contributed by atoms with E-state index < -0.39 is 35.5 Å². The summed E-state index contributed by atoms with van der Waals surface area (Å²) in [7, 11) is 0. The van der Waals surface area contributed by atoms with Crippen LogP contribution in [0, 0.1) is 6.07 Å². The van der Waals surface area contributed by atoms with E-state index in [2.05, 4.69) is 11.4 Å². The van der Waals surface area contributed by atoms with Crippen LogP contribution in [-0.4, -0.2) is 23.8 Å². The zero-order chi connectivity index (χ0) is 15.6. The molecule has 0 radical (unpaired) electrons. The summed E-state index contributed by atoms with van der Waals surface area (Å²) < 4.78 is 37.6. The number of hydrogen-bond donors (Lipinski definition) is 1. The number of hydrogen-bond acceptors (Lipinski definition) is 3. The van der Waals surface area contributed by atoms with Crippen molar-refractivity contribution < 1.29 is 48.6 Å². The van der Waals surface area contributed by atoms with Crippen molar-refractivity contribution >= 4 is 17.7 Å². The molecule has 1 aromatic carbocycles. The third-order valence-electron chi connectivity index (χ3n) is 2.84. The summed E-state index contributed by atoms with van der Waals surface area (Å²) in [5.41, 5.74) is -1.38. The van der Waals surface area contributed by atoms with E-state index in [0.29, 0.717) is 6.07 Å². The van der Waals surface area contributed by atoms with Crippen molar-refractivity contribution in [3.05, 3.63) is 40.7 Å². The van der Waals surface area contributed by atoms with Gasteiger partial charge < -0.3 is 10.1 Å². The zero-order valence-electron chi connectivity index (χ0n) is 10.9. The van der Waals surface area contributed by atoms with Gasteiger partial charge in [-0.25, -0.2) is 0 Å². The van der Waals surface area contributed by atoms with Crippen molar-refractivity contribution in [2.24, 2.45) is 0 Å². The van der Waals surface area contributed by atoms with E-state index in [4.69, 9.17) is 0 Å². The van der Waals surface area contributed by atoms with Crippen LogP contribution < -0.4 is 5.32 Å². The Morgan fingerprint density at radius 1 is 1.36 bits per heavy atom. The van der Waals surface area contributed by atoms with Crippen molar-refractivity contribution in [2.45, 2.75) is 25.1 Å². The van der Waals surface area contributed by atoms with Crippen LogP contribution in [0.2, 0.25) is 0 Å². The molecule has 1 N–H and O–H groups in total. The molecule has 1 aliphatic heterocycles. The van der Waals surface area contributed by atoms with Crippen LogP contribution in [0.3, 0.4) is 0 Å². The fraction of sp³-hybridized carbons (Fsp3) is 0.308. The number of rotatable bonds is 2. The fourth-order valence-corrected chi connectivity index (χ4v) is 1.78. The summed E-state index contributed by atoms with van der Waals surface area (Å²) in [6.45, 7) is 0. The topological polar surface area (TPSA) is 77.3 Å². The van der Waals surface area contributed by atoms with Crippen molar-refractivity contribution in [3.63, 3.8) is 0 Å². The molecule has 1 atom stereocenters. The van der Waals surface area contributed by atoms with Crippen LogP contribution >= 0.6 is 0 Å². The van der Waals surface area contributed by atoms with Crippen LogP contribution in [0.4, 0.5) is 13.2 Å². The number of nitrogens with one attached hydrogen (secondary N) is 1.